The molecule has 2 N–H and O–H groups in total. The van der Waals surface area contributed by atoms with Gasteiger partial charge in [0.1, 0.15) is 5.60 Å². The van der Waals surface area contributed by atoms with Gasteiger partial charge in [0.2, 0.25) is 0 Å². The second kappa shape index (κ2) is 4.44. The van der Waals surface area contributed by atoms with E-state index in [1.54, 1.807) is 0 Å². The predicted molar refractivity (Wildman–Crippen MR) is 79.6 cm³/mol. The van der Waals surface area contributed by atoms with Crippen LogP contribution in [-0.4, -0.2) is 18.2 Å². The number of hydrogen-bond donors (Lipinski definition) is 2. The lowest BCUT2D eigenvalue weighted by molar-refractivity contribution is 0.00992. The van der Waals surface area contributed by atoms with Crippen molar-refractivity contribution in [2.75, 3.05) is 13.1 Å². The zero-order valence-electron chi connectivity index (χ0n) is 11.4. The molecule has 3 atom stereocenters. The summed E-state index contributed by atoms with van der Waals surface area (Å²) < 4.78 is 0. The van der Waals surface area contributed by atoms with Crippen LogP contribution in [0.5, 0.6) is 0 Å². The van der Waals surface area contributed by atoms with Crippen LogP contribution in [-0.2, 0) is 5.60 Å². The van der Waals surface area contributed by atoms with Gasteiger partial charge in [0.15, 0.2) is 0 Å². The first-order chi connectivity index (χ1) is 9.82. The van der Waals surface area contributed by atoms with E-state index in [0.29, 0.717) is 5.92 Å². The average molecular weight is 265 g/mol. The third-order valence-corrected chi connectivity index (χ3v) is 5.00. The van der Waals surface area contributed by atoms with Crippen LogP contribution in [0.25, 0.3) is 0 Å². The first-order valence-electron chi connectivity index (χ1n) is 7.40. The second-order valence-electron chi connectivity index (χ2n) is 5.93. The highest BCUT2D eigenvalue weighted by Gasteiger charge is 2.52. The van der Waals surface area contributed by atoms with E-state index in [0.717, 1.165) is 30.6 Å². The van der Waals surface area contributed by atoms with E-state index in [9.17, 15) is 5.11 Å². The lowest BCUT2D eigenvalue weighted by Crippen LogP contribution is -2.41. The summed E-state index contributed by atoms with van der Waals surface area (Å²) >= 11 is 0. The smallest absolute Gasteiger partial charge is 0.118 e. The molecule has 2 aromatic rings. The summed E-state index contributed by atoms with van der Waals surface area (Å²) in [6.45, 7) is 1.96. The summed E-state index contributed by atoms with van der Waals surface area (Å²) in [6.07, 6.45) is 1.02. The first-order valence-corrected chi connectivity index (χ1v) is 7.40. The van der Waals surface area contributed by atoms with Crippen LogP contribution in [0.15, 0.2) is 54.6 Å². The van der Waals surface area contributed by atoms with Crippen LogP contribution >= 0.6 is 0 Å². The normalized spacial score (nSPS) is 31.6. The molecular formula is C18H19NO. The maximum absolute atomic E-state index is 11.6. The highest BCUT2D eigenvalue weighted by atomic mass is 16.3. The molecule has 20 heavy (non-hydrogen) atoms. The Morgan fingerprint density at radius 3 is 2.60 bits per heavy atom. The van der Waals surface area contributed by atoms with Crippen molar-refractivity contribution >= 4 is 0 Å². The van der Waals surface area contributed by atoms with Crippen molar-refractivity contribution in [2.45, 2.75) is 17.9 Å². The van der Waals surface area contributed by atoms with Crippen LogP contribution < -0.4 is 5.32 Å². The molecule has 0 radical (unpaired) electrons. The van der Waals surface area contributed by atoms with E-state index in [4.69, 9.17) is 0 Å². The zero-order valence-corrected chi connectivity index (χ0v) is 11.4. The monoisotopic (exact) mass is 265 g/mol. The van der Waals surface area contributed by atoms with Gasteiger partial charge in [-0.05, 0) is 29.7 Å². The summed E-state index contributed by atoms with van der Waals surface area (Å²) in [5.74, 6) is 0.703. The van der Waals surface area contributed by atoms with Crippen LogP contribution in [0.2, 0.25) is 0 Å². The van der Waals surface area contributed by atoms with Gasteiger partial charge in [-0.3, -0.25) is 0 Å². The maximum atomic E-state index is 11.6. The number of rotatable bonds is 1. The molecular weight excluding hydrogens is 246 g/mol. The summed E-state index contributed by atoms with van der Waals surface area (Å²) in [4.78, 5) is 0. The van der Waals surface area contributed by atoms with Crippen molar-refractivity contribution in [3.63, 3.8) is 0 Å². The Morgan fingerprint density at radius 1 is 1.00 bits per heavy atom. The molecule has 0 saturated carbocycles. The Labute approximate surface area is 119 Å². The SMILES string of the molecule is OC1(c2ccccc2)c2ccccc2C2CNCCC21. The van der Waals surface area contributed by atoms with Gasteiger partial charge in [-0.1, -0.05) is 54.6 Å². The van der Waals surface area contributed by atoms with Gasteiger partial charge in [-0.2, -0.15) is 0 Å². The van der Waals surface area contributed by atoms with Gasteiger partial charge in [-0.15, -0.1) is 0 Å². The van der Waals surface area contributed by atoms with Gasteiger partial charge in [-0.25, -0.2) is 0 Å². The molecule has 102 valence electrons. The second-order valence-corrected chi connectivity index (χ2v) is 5.93. The maximum Gasteiger partial charge on any atom is 0.118 e. The molecule has 2 aliphatic rings. The predicted octanol–water partition coefficient (Wildman–Crippen LogP) is 2.63. The minimum atomic E-state index is -0.829. The molecule has 0 bridgehead atoms. The number of benzene rings is 2. The van der Waals surface area contributed by atoms with Crippen LogP contribution in [0.1, 0.15) is 29.0 Å². The van der Waals surface area contributed by atoms with E-state index in [1.807, 2.05) is 24.3 Å². The van der Waals surface area contributed by atoms with Crippen LogP contribution in [0.4, 0.5) is 0 Å². The Hall–Kier alpha value is -1.64. The lowest BCUT2D eigenvalue weighted by atomic mass is 9.75. The fraction of sp³-hybridized carbons (Fsp3) is 0.333. The number of aliphatic hydroxyl groups is 1. The highest BCUT2D eigenvalue weighted by Crippen LogP contribution is 2.54. The molecule has 4 rings (SSSR count). The first kappa shape index (κ1) is 12.1. The molecule has 1 heterocycles. The molecule has 0 spiro atoms. The number of nitrogens with one attached hydrogen (secondary N) is 1. The van der Waals surface area contributed by atoms with Gasteiger partial charge in [0.25, 0.3) is 0 Å². The van der Waals surface area contributed by atoms with Crippen molar-refractivity contribution in [3.8, 4) is 0 Å². The van der Waals surface area contributed by atoms with Gasteiger partial charge < -0.3 is 10.4 Å². The molecule has 1 aliphatic heterocycles. The third kappa shape index (κ3) is 1.52. The molecule has 1 fully saturated rings. The Bertz CT molecular complexity index is 624. The minimum absolute atomic E-state index is 0.281. The molecule has 2 aromatic carbocycles. The van der Waals surface area contributed by atoms with E-state index >= 15 is 0 Å². The molecule has 1 aliphatic carbocycles. The Kier molecular flexibility index (Phi) is 2.69. The molecule has 2 nitrogen and oxygen atoms in total. The van der Waals surface area contributed by atoms with Gasteiger partial charge in [0.05, 0.1) is 0 Å². The van der Waals surface area contributed by atoms with Crippen molar-refractivity contribution in [1.29, 1.82) is 0 Å². The number of hydrogen-bond acceptors (Lipinski definition) is 2. The van der Waals surface area contributed by atoms with Crippen molar-refractivity contribution in [3.05, 3.63) is 71.3 Å². The Morgan fingerprint density at radius 2 is 1.75 bits per heavy atom. The van der Waals surface area contributed by atoms with E-state index in [-0.39, 0.29) is 5.92 Å². The minimum Gasteiger partial charge on any atom is -0.380 e. The fourth-order valence-corrected chi connectivity index (χ4v) is 4.11. The van der Waals surface area contributed by atoms with E-state index in [1.165, 1.54) is 5.56 Å². The summed E-state index contributed by atoms with van der Waals surface area (Å²) in [5, 5.41) is 15.1. The van der Waals surface area contributed by atoms with Crippen molar-refractivity contribution in [2.24, 2.45) is 5.92 Å². The number of fused-ring (bicyclic) bond motifs is 3. The van der Waals surface area contributed by atoms with Crippen LogP contribution in [0.3, 0.4) is 0 Å². The van der Waals surface area contributed by atoms with Gasteiger partial charge in [0, 0.05) is 18.4 Å². The molecule has 1 saturated heterocycles. The number of piperidine rings is 1. The summed E-state index contributed by atoms with van der Waals surface area (Å²) in [7, 11) is 0. The van der Waals surface area contributed by atoms with Crippen molar-refractivity contribution < 1.29 is 5.11 Å². The molecule has 2 heteroatoms. The van der Waals surface area contributed by atoms with E-state index in [2.05, 4.69) is 35.6 Å². The summed E-state index contributed by atoms with van der Waals surface area (Å²) in [5.41, 5.74) is 2.62. The summed E-state index contributed by atoms with van der Waals surface area (Å²) in [6, 6.07) is 18.6. The standard InChI is InChI=1S/C18H19NO/c20-18(13-6-2-1-3-7-13)16-9-5-4-8-14(16)15-12-19-11-10-17(15)18/h1-9,15,17,19-20H,10-12H2. The Balaban J connectivity index is 1.94. The zero-order chi connectivity index (χ0) is 13.6. The fourth-order valence-electron chi connectivity index (χ4n) is 4.11. The highest BCUT2D eigenvalue weighted by molar-refractivity contribution is 5.49. The third-order valence-electron chi connectivity index (χ3n) is 5.00. The van der Waals surface area contributed by atoms with Crippen LogP contribution in [0, 0.1) is 5.92 Å². The quantitative estimate of drug-likeness (QED) is 0.831. The topological polar surface area (TPSA) is 32.3 Å². The molecule has 3 unspecified atom stereocenters. The molecule has 0 aromatic heterocycles. The van der Waals surface area contributed by atoms with Gasteiger partial charge >= 0.3 is 0 Å². The molecule has 0 amide bonds. The average Bonchev–Trinajstić information content (AvgIpc) is 2.80. The van der Waals surface area contributed by atoms with Crippen molar-refractivity contribution in [1.82, 2.24) is 5.32 Å². The lowest BCUT2D eigenvalue weighted by Gasteiger charge is -2.37. The largest absolute Gasteiger partial charge is 0.380 e. The van der Waals surface area contributed by atoms with E-state index < -0.39 is 5.60 Å².